The van der Waals surface area contributed by atoms with Crippen LogP contribution in [-0.4, -0.2) is 31.6 Å². The number of amides is 1. The van der Waals surface area contributed by atoms with Crippen LogP contribution in [0.25, 0.3) is 0 Å². The topological polar surface area (TPSA) is 65.4 Å². The standard InChI is InChI=1S/C27H33N3O2/c1-3-16-32-25-10-11-26(23(17-25)18-28)30-14-12-22(13-15-30)21-6-4-20(5-7-21)19(2)27(31)29-24-8-9-24/h4-7,10-11,17,19,22,24H,3,8-9,12-16H2,1-2H3,(H,29,31). The number of hydrogen-bond donors (Lipinski definition) is 1. The lowest BCUT2D eigenvalue weighted by Gasteiger charge is -2.34. The molecule has 5 heteroatoms. The molecule has 0 bridgehead atoms. The van der Waals surface area contributed by atoms with Crippen LogP contribution in [0.15, 0.2) is 42.5 Å². The molecule has 0 spiro atoms. The molecule has 1 unspecified atom stereocenters. The van der Waals surface area contributed by atoms with Crippen LogP contribution in [-0.2, 0) is 4.79 Å². The molecule has 1 saturated heterocycles. The number of piperidine rings is 1. The molecule has 1 atom stereocenters. The number of carbonyl (C=O) groups excluding carboxylic acids is 1. The molecule has 1 saturated carbocycles. The summed E-state index contributed by atoms with van der Waals surface area (Å²) in [4.78, 5) is 14.6. The number of anilines is 1. The number of nitrogens with one attached hydrogen (secondary N) is 1. The molecular weight excluding hydrogens is 398 g/mol. The van der Waals surface area contributed by atoms with Gasteiger partial charge >= 0.3 is 0 Å². The monoisotopic (exact) mass is 431 g/mol. The summed E-state index contributed by atoms with van der Waals surface area (Å²) < 4.78 is 5.68. The van der Waals surface area contributed by atoms with Gasteiger partial charge in [-0.3, -0.25) is 4.79 Å². The molecule has 1 N–H and O–H groups in total. The van der Waals surface area contributed by atoms with Gasteiger partial charge in [0.2, 0.25) is 5.91 Å². The van der Waals surface area contributed by atoms with Gasteiger partial charge in [-0.15, -0.1) is 0 Å². The van der Waals surface area contributed by atoms with Crippen LogP contribution in [0.4, 0.5) is 5.69 Å². The molecule has 168 valence electrons. The van der Waals surface area contributed by atoms with Crippen molar-refractivity contribution in [3.05, 3.63) is 59.2 Å². The molecule has 4 rings (SSSR count). The Hall–Kier alpha value is -3.00. The van der Waals surface area contributed by atoms with E-state index in [1.54, 1.807) is 0 Å². The second-order valence-electron chi connectivity index (χ2n) is 9.07. The van der Waals surface area contributed by atoms with E-state index in [1.807, 2.05) is 25.1 Å². The zero-order chi connectivity index (χ0) is 22.5. The highest BCUT2D eigenvalue weighted by atomic mass is 16.5. The summed E-state index contributed by atoms with van der Waals surface area (Å²) in [6.07, 6.45) is 5.28. The highest BCUT2D eigenvalue weighted by Gasteiger charge is 2.27. The third-order valence-corrected chi connectivity index (χ3v) is 6.62. The smallest absolute Gasteiger partial charge is 0.227 e. The molecule has 1 aliphatic heterocycles. The minimum absolute atomic E-state index is 0.111. The first-order chi connectivity index (χ1) is 15.6. The van der Waals surface area contributed by atoms with E-state index in [2.05, 4.69) is 47.5 Å². The van der Waals surface area contributed by atoms with Gasteiger partial charge in [-0.2, -0.15) is 5.26 Å². The first-order valence-corrected chi connectivity index (χ1v) is 11.9. The summed E-state index contributed by atoms with van der Waals surface area (Å²) in [5.74, 6) is 1.30. The summed E-state index contributed by atoms with van der Waals surface area (Å²) in [5, 5.41) is 12.7. The van der Waals surface area contributed by atoms with E-state index in [0.29, 0.717) is 24.1 Å². The molecule has 5 nitrogen and oxygen atoms in total. The Morgan fingerprint density at radius 1 is 1.16 bits per heavy atom. The highest BCUT2D eigenvalue weighted by Crippen LogP contribution is 2.33. The van der Waals surface area contributed by atoms with Crippen LogP contribution in [0, 0.1) is 11.3 Å². The molecule has 0 aromatic heterocycles. The largest absolute Gasteiger partial charge is 0.494 e. The number of carbonyl (C=O) groups is 1. The van der Waals surface area contributed by atoms with E-state index < -0.39 is 0 Å². The van der Waals surface area contributed by atoms with Crippen LogP contribution >= 0.6 is 0 Å². The maximum absolute atomic E-state index is 12.3. The maximum Gasteiger partial charge on any atom is 0.227 e. The molecule has 2 aromatic carbocycles. The van der Waals surface area contributed by atoms with Gasteiger partial charge in [0.05, 0.1) is 23.8 Å². The highest BCUT2D eigenvalue weighted by molar-refractivity contribution is 5.83. The van der Waals surface area contributed by atoms with E-state index in [0.717, 1.165) is 62.2 Å². The Morgan fingerprint density at radius 3 is 2.50 bits per heavy atom. The number of benzene rings is 2. The summed E-state index contributed by atoms with van der Waals surface area (Å²) in [7, 11) is 0. The van der Waals surface area contributed by atoms with Gasteiger partial charge in [-0.1, -0.05) is 31.2 Å². The summed E-state index contributed by atoms with van der Waals surface area (Å²) >= 11 is 0. The van der Waals surface area contributed by atoms with Crippen molar-refractivity contribution in [1.82, 2.24) is 5.32 Å². The average Bonchev–Trinajstić information content (AvgIpc) is 3.66. The van der Waals surface area contributed by atoms with Gasteiger partial charge < -0.3 is 15.0 Å². The first-order valence-electron chi connectivity index (χ1n) is 11.9. The molecule has 2 aromatic rings. The van der Waals surface area contributed by atoms with Crippen LogP contribution in [0.5, 0.6) is 5.75 Å². The summed E-state index contributed by atoms with van der Waals surface area (Å²) in [6.45, 7) is 6.57. The predicted octanol–water partition coefficient (Wildman–Crippen LogP) is 5.11. The third kappa shape index (κ3) is 5.24. The maximum atomic E-state index is 12.3. The van der Waals surface area contributed by atoms with Crippen LogP contribution in [0.3, 0.4) is 0 Å². The number of hydrogen-bond acceptors (Lipinski definition) is 4. The van der Waals surface area contributed by atoms with Crippen molar-refractivity contribution in [3.8, 4) is 11.8 Å². The lowest BCUT2D eigenvalue weighted by Crippen LogP contribution is -2.33. The van der Waals surface area contributed by atoms with Gasteiger partial charge in [0.1, 0.15) is 11.8 Å². The minimum atomic E-state index is -0.111. The minimum Gasteiger partial charge on any atom is -0.494 e. The third-order valence-electron chi connectivity index (χ3n) is 6.62. The van der Waals surface area contributed by atoms with Crippen molar-refractivity contribution in [1.29, 1.82) is 5.26 Å². The van der Waals surface area contributed by atoms with E-state index in [-0.39, 0.29) is 11.8 Å². The predicted molar refractivity (Wildman–Crippen MR) is 127 cm³/mol. The van der Waals surface area contributed by atoms with E-state index in [9.17, 15) is 10.1 Å². The second-order valence-corrected chi connectivity index (χ2v) is 9.07. The van der Waals surface area contributed by atoms with E-state index in [1.165, 1.54) is 5.56 Å². The first kappa shape index (κ1) is 22.2. The van der Waals surface area contributed by atoms with Crippen molar-refractivity contribution in [3.63, 3.8) is 0 Å². The molecule has 1 amide bonds. The van der Waals surface area contributed by atoms with E-state index in [4.69, 9.17) is 4.74 Å². The Bertz CT molecular complexity index is 967. The van der Waals surface area contributed by atoms with Gasteiger partial charge in [-0.25, -0.2) is 0 Å². The molecule has 1 heterocycles. The fourth-order valence-corrected chi connectivity index (χ4v) is 4.41. The Morgan fingerprint density at radius 2 is 1.88 bits per heavy atom. The van der Waals surface area contributed by atoms with Crippen molar-refractivity contribution in [2.75, 3.05) is 24.6 Å². The van der Waals surface area contributed by atoms with Gasteiger partial charge in [-0.05, 0) is 74.3 Å². The number of nitrogens with zero attached hydrogens (tertiary/aromatic N) is 2. The second kappa shape index (κ2) is 10.1. The Balaban J connectivity index is 1.35. The van der Waals surface area contributed by atoms with Crippen molar-refractivity contribution in [2.45, 2.75) is 63.8 Å². The zero-order valence-electron chi connectivity index (χ0n) is 19.1. The fourth-order valence-electron chi connectivity index (χ4n) is 4.41. The molecule has 1 aliphatic carbocycles. The number of nitriles is 1. The number of ether oxygens (including phenoxy) is 1. The van der Waals surface area contributed by atoms with Crippen LogP contribution < -0.4 is 15.0 Å². The van der Waals surface area contributed by atoms with Gasteiger partial charge in [0, 0.05) is 19.1 Å². The lowest BCUT2D eigenvalue weighted by molar-refractivity contribution is -0.122. The molecule has 0 radical (unpaired) electrons. The normalized spacial score (nSPS) is 17.5. The summed E-state index contributed by atoms with van der Waals surface area (Å²) in [5.41, 5.74) is 4.10. The van der Waals surface area contributed by atoms with Crippen molar-refractivity contribution >= 4 is 11.6 Å². The average molecular weight is 432 g/mol. The molecule has 2 fully saturated rings. The van der Waals surface area contributed by atoms with Crippen LogP contribution in [0.2, 0.25) is 0 Å². The molecular formula is C27H33N3O2. The fraction of sp³-hybridized carbons (Fsp3) is 0.481. The van der Waals surface area contributed by atoms with Crippen LogP contribution in [0.1, 0.15) is 74.5 Å². The van der Waals surface area contributed by atoms with Gasteiger partial charge in [0.15, 0.2) is 0 Å². The quantitative estimate of drug-likeness (QED) is 0.630. The Labute approximate surface area is 191 Å². The van der Waals surface area contributed by atoms with Gasteiger partial charge in [0.25, 0.3) is 0 Å². The zero-order valence-corrected chi connectivity index (χ0v) is 19.1. The Kier molecular flexibility index (Phi) is 6.99. The lowest BCUT2D eigenvalue weighted by atomic mass is 9.87. The van der Waals surface area contributed by atoms with E-state index >= 15 is 0 Å². The van der Waals surface area contributed by atoms with Crippen molar-refractivity contribution < 1.29 is 9.53 Å². The SMILES string of the molecule is CCCOc1ccc(N2CCC(c3ccc(C(C)C(=O)NC4CC4)cc3)CC2)c(C#N)c1. The number of rotatable bonds is 8. The molecule has 2 aliphatic rings. The molecule has 32 heavy (non-hydrogen) atoms. The van der Waals surface area contributed by atoms with Crippen molar-refractivity contribution in [2.24, 2.45) is 0 Å². The summed E-state index contributed by atoms with van der Waals surface area (Å²) in [6, 6.07) is 17.2.